The predicted molar refractivity (Wildman–Crippen MR) is 132 cm³/mol. The Morgan fingerprint density at radius 3 is 2.06 bits per heavy atom. The second-order valence-corrected chi connectivity index (χ2v) is 8.79. The Labute approximate surface area is 200 Å². The standard InChI is InChI=1S/C28H21N3O4/c1-30-26-23(27(33)31(2)28(30)34)21(22-24(29-26)19-10-6-7-11-20(19)25(22)32)16-12-14-18(15-13-16)35-17-8-4-3-5-9-17/h3-15,21-22H,1-2H3/t21-,22-/m1/s1. The van der Waals surface area contributed by atoms with Crippen LogP contribution >= 0.6 is 0 Å². The van der Waals surface area contributed by atoms with Crippen LogP contribution in [0.25, 0.3) is 0 Å². The van der Waals surface area contributed by atoms with Gasteiger partial charge in [0, 0.05) is 31.1 Å². The molecule has 172 valence electrons. The molecule has 0 N–H and O–H groups in total. The van der Waals surface area contributed by atoms with Gasteiger partial charge in [-0.25, -0.2) is 9.79 Å². The van der Waals surface area contributed by atoms with Crippen LogP contribution in [0.4, 0.5) is 5.82 Å². The van der Waals surface area contributed by atoms with Gasteiger partial charge in [-0.1, -0.05) is 54.6 Å². The maximum atomic E-state index is 13.6. The number of ketones is 1. The smallest absolute Gasteiger partial charge is 0.332 e. The lowest BCUT2D eigenvalue weighted by Crippen LogP contribution is -2.43. The molecule has 1 aliphatic carbocycles. The van der Waals surface area contributed by atoms with Gasteiger partial charge in [0.25, 0.3) is 5.56 Å². The van der Waals surface area contributed by atoms with E-state index in [1.54, 1.807) is 13.1 Å². The number of para-hydroxylation sites is 1. The lowest BCUT2D eigenvalue weighted by molar-refractivity contribution is 0.0953. The Hall–Kier alpha value is -4.52. The van der Waals surface area contributed by atoms with Gasteiger partial charge in [-0.3, -0.25) is 18.7 Å². The average Bonchev–Trinajstić information content (AvgIpc) is 3.18. The molecule has 0 amide bonds. The van der Waals surface area contributed by atoms with Crippen molar-refractivity contribution in [3.8, 4) is 11.5 Å². The third-order valence-corrected chi connectivity index (χ3v) is 6.80. The lowest BCUT2D eigenvalue weighted by atomic mass is 9.76. The van der Waals surface area contributed by atoms with E-state index in [4.69, 9.17) is 9.73 Å². The second kappa shape index (κ2) is 7.77. The van der Waals surface area contributed by atoms with E-state index in [-0.39, 0.29) is 5.78 Å². The van der Waals surface area contributed by atoms with Gasteiger partial charge < -0.3 is 4.74 Å². The number of Topliss-reactive ketones (excluding diaryl/α,β-unsaturated/α-hetero) is 1. The number of ether oxygens (including phenoxy) is 1. The molecule has 2 atom stereocenters. The molecular formula is C28H21N3O4. The van der Waals surface area contributed by atoms with Crippen molar-refractivity contribution < 1.29 is 9.53 Å². The lowest BCUT2D eigenvalue weighted by Gasteiger charge is -2.30. The Bertz CT molecular complexity index is 1650. The van der Waals surface area contributed by atoms with Crippen molar-refractivity contribution in [3.63, 3.8) is 0 Å². The van der Waals surface area contributed by atoms with Gasteiger partial charge in [0.05, 0.1) is 17.2 Å². The Kier molecular flexibility index (Phi) is 4.67. The zero-order valence-corrected chi connectivity index (χ0v) is 19.1. The highest BCUT2D eigenvalue weighted by Gasteiger charge is 2.47. The first-order chi connectivity index (χ1) is 17.0. The van der Waals surface area contributed by atoms with Gasteiger partial charge in [0.1, 0.15) is 17.3 Å². The van der Waals surface area contributed by atoms with Crippen LogP contribution in [0.3, 0.4) is 0 Å². The summed E-state index contributed by atoms with van der Waals surface area (Å²) in [6.07, 6.45) is 0. The molecule has 2 heterocycles. The molecule has 0 unspecified atom stereocenters. The first-order valence-corrected chi connectivity index (χ1v) is 11.3. The normalized spacial score (nSPS) is 17.9. The van der Waals surface area contributed by atoms with Crippen LogP contribution in [0, 0.1) is 5.92 Å². The number of carbonyl (C=O) groups excluding carboxylic acids is 1. The number of benzene rings is 3. The van der Waals surface area contributed by atoms with Gasteiger partial charge in [0.2, 0.25) is 0 Å². The fraction of sp³-hybridized carbons (Fsp3) is 0.143. The van der Waals surface area contributed by atoms with E-state index in [2.05, 4.69) is 0 Å². The number of hydrogen-bond acceptors (Lipinski definition) is 5. The first-order valence-electron chi connectivity index (χ1n) is 11.3. The monoisotopic (exact) mass is 463 g/mol. The molecule has 0 saturated carbocycles. The van der Waals surface area contributed by atoms with E-state index in [1.807, 2.05) is 72.8 Å². The zero-order chi connectivity index (χ0) is 24.3. The molecule has 0 radical (unpaired) electrons. The number of fused-ring (bicyclic) bond motifs is 4. The molecule has 7 nitrogen and oxygen atoms in total. The predicted octanol–water partition coefficient (Wildman–Crippen LogP) is 3.96. The van der Waals surface area contributed by atoms with Crippen molar-refractivity contribution in [3.05, 3.63) is 122 Å². The topological polar surface area (TPSA) is 82.7 Å². The summed E-state index contributed by atoms with van der Waals surface area (Å²) in [6, 6.07) is 24.2. The summed E-state index contributed by atoms with van der Waals surface area (Å²) in [5, 5.41) is 0. The van der Waals surface area contributed by atoms with Crippen LogP contribution in [0.2, 0.25) is 0 Å². The second-order valence-electron chi connectivity index (χ2n) is 8.79. The van der Waals surface area contributed by atoms with Crippen LogP contribution < -0.4 is 16.0 Å². The highest BCUT2D eigenvalue weighted by Crippen LogP contribution is 2.46. The van der Waals surface area contributed by atoms with E-state index in [0.717, 1.165) is 15.7 Å². The SMILES string of the molecule is Cn1c2c(c(=O)n(C)c1=O)[C@H](c1ccc(Oc3ccccc3)cc1)[C@H]1C(=O)c3ccccc3C1=N2. The molecule has 2 aliphatic rings. The number of nitrogens with zero attached hydrogens (tertiary/aromatic N) is 3. The molecule has 7 heteroatoms. The van der Waals surface area contributed by atoms with Crippen LogP contribution in [0.5, 0.6) is 11.5 Å². The fourth-order valence-corrected chi connectivity index (χ4v) is 5.09. The molecule has 0 bridgehead atoms. The van der Waals surface area contributed by atoms with Crippen molar-refractivity contribution in [2.75, 3.05) is 0 Å². The van der Waals surface area contributed by atoms with Gasteiger partial charge in [-0.05, 0) is 29.8 Å². The quantitative estimate of drug-likeness (QED) is 0.461. The highest BCUT2D eigenvalue weighted by molar-refractivity contribution is 6.30. The van der Waals surface area contributed by atoms with E-state index >= 15 is 0 Å². The number of carbonyl (C=O) groups is 1. The number of aromatic nitrogens is 2. The molecule has 0 fully saturated rings. The zero-order valence-electron chi connectivity index (χ0n) is 19.1. The van der Waals surface area contributed by atoms with Crippen LogP contribution in [0.1, 0.15) is 33.0 Å². The third kappa shape index (κ3) is 3.12. The molecule has 6 rings (SSSR count). The summed E-state index contributed by atoms with van der Waals surface area (Å²) in [6.45, 7) is 0. The number of aliphatic imine (C=N–C) groups is 1. The summed E-state index contributed by atoms with van der Waals surface area (Å²) >= 11 is 0. The summed E-state index contributed by atoms with van der Waals surface area (Å²) < 4.78 is 8.38. The van der Waals surface area contributed by atoms with Crippen molar-refractivity contribution >= 4 is 17.3 Å². The van der Waals surface area contributed by atoms with Gasteiger partial charge in [-0.2, -0.15) is 0 Å². The fourth-order valence-electron chi connectivity index (χ4n) is 5.09. The van der Waals surface area contributed by atoms with E-state index in [9.17, 15) is 14.4 Å². The average molecular weight is 463 g/mol. The van der Waals surface area contributed by atoms with E-state index in [1.165, 1.54) is 11.6 Å². The van der Waals surface area contributed by atoms with E-state index < -0.39 is 23.1 Å². The molecule has 1 aromatic heterocycles. The molecule has 1 aliphatic heterocycles. The maximum Gasteiger partial charge on any atom is 0.332 e. The molecule has 4 aromatic rings. The first kappa shape index (κ1) is 21.0. The van der Waals surface area contributed by atoms with Crippen molar-refractivity contribution in [2.45, 2.75) is 5.92 Å². The molecule has 35 heavy (non-hydrogen) atoms. The van der Waals surface area contributed by atoms with Gasteiger partial charge >= 0.3 is 5.69 Å². The van der Waals surface area contributed by atoms with E-state index in [0.29, 0.717) is 34.2 Å². The Morgan fingerprint density at radius 2 is 1.34 bits per heavy atom. The summed E-state index contributed by atoms with van der Waals surface area (Å²) in [5.41, 5.74) is 2.15. The summed E-state index contributed by atoms with van der Waals surface area (Å²) in [4.78, 5) is 44.4. The van der Waals surface area contributed by atoms with Crippen LogP contribution in [-0.2, 0) is 14.1 Å². The van der Waals surface area contributed by atoms with Crippen molar-refractivity contribution in [2.24, 2.45) is 25.0 Å². The molecular weight excluding hydrogens is 442 g/mol. The minimum absolute atomic E-state index is 0.0736. The summed E-state index contributed by atoms with van der Waals surface area (Å²) in [5.74, 6) is 0.334. The highest BCUT2D eigenvalue weighted by atomic mass is 16.5. The third-order valence-electron chi connectivity index (χ3n) is 6.80. The maximum absolute atomic E-state index is 13.6. The van der Waals surface area contributed by atoms with Gasteiger partial charge in [-0.15, -0.1) is 0 Å². The van der Waals surface area contributed by atoms with Crippen LogP contribution in [-0.4, -0.2) is 20.6 Å². The van der Waals surface area contributed by atoms with Crippen molar-refractivity contribution in [1.29, 1.82) is 0 Å². The minimum atomic E-state index is -0.647. The number of hydrogen-bond donors (Lipinski definition) is 0. The number of rotatable bonds is 3. The summed E-state index contributed by atoms with van der Waals surface area (Å²) in [7, 11) is 3.05. The molecule has 0 spiro atoms. The van der Waals surface area contributed by atoms with Gasteiger partial charge in [0.15, 0.2) is 5.78 Å². The molecule has 0 saturated heterocycles. The molecule has 3 aromatic carbocycles. The largest absolute Gasteiger partial charge is 0.457 e. The Morgan fingerprint density at radius 1 is 0.714 bits per heavy atom. The van der Waals surface area contributed by atoms with Crippen molar-refractivity contribution in [1.82, 2.24) is 9.13 Å². The Balaban J connectivity index is 1.54. The minimum Gasteiger partial charge on any atom is -0.457 e. The van der Waals surface area contributed by atoms with Crippen LogP contribution in [0.15, 0.2) is 93.4 Å².